The summed E-state index contributed by atoms with van der Waals surface area (Å²) in [5.74, 6) is -0.653. The maximum absolute atomic E-state index is 13.1. The summed E-state index contributed by atoms with van der Waals surface area (Å²) in [5.41, 5.74) is 0.255. The van der Waals surface area contributed by atoms with Crippen LogP contribution in [0.15, 0.2) is 57.7 Å². The highest BCUT2D eigenvalue weighted by Crippen LogP contribution is 2.29. The number of halogens is 1. The fourth-order valence-electron chi connectivity index (χ4n) is 2.26. The molecule has 0 bridgehead atoms. The van der Waals surface area contributed by atoms with Crippen molar-refractivity contribution in [3.63, 3.8) is 0 Å². The largest absolute Gasteiger partial charge is 0.439 e. The standard InChI is InChI=1S/C16H12FNO4S/c1-23(20,21)18-16-14(10-6-8-11(17)9-7-10)15(19)12-4-2-3-5-13(12)22-16/h2-9,18H,1H3. The van der Waals surface area contributed by atoms with E-state index in [1.165, 1.54) is 24.3 Å². The number of para-hydroxylation sites is 1. The molecular formula is C16H12FNO4S. The minimum atomic E-state index is -3.66. The molecule has 0 spiro atoms. The molecule has 0 unspecified atom stereocenters. The lowest BCUT2D eigenvalue weighted by atomic mass is 10.0. The van der Waals surface area contributed by atoms with Crippen molar-refractivity contribution in [1.82, 2.24) is 0 Å². The van der Waals surface area contributed by atoms with Gasteiger partial charge in [-0.3, -0.25) is 9.52 Å². The second-order valence-electron chi connectivity index (χ2n) is 5.01. The summed E-state index contributed by atoms with van der Waals surface area (Å²) in [6.07, 6.45) is 0.955. The summed E-state index contributed by atoms with van der Waals surface area (Å²) in [7, 11) is -3.66. The number of hydrogen-bond donors (Lipinski definition) is 1. The van der Waals surface area contributed by atoms with E-state index < -0.39 is 21.3 Å². The van der Waals surface area contributed by atoms with Crippen LogP contribution in [0, 0.1) is 5.82 Å². The first-order chi connectivity index (χ1) is 10.8. The quantitative estimate of drug-likeness (QED) is 0.799. The van der Waals surface area contributed by atoms with Crippen molar-refractivity contribution in [3.8, 4) is 11.1 Å². The molecular weight excluding hydrogens is 321 g/mol. The van der Waals surface area contributed by atoms with Gasteiger partial charge in [-0.25, -0.2) is 12.8 Å². The minimum Gasteiger partial charge on any atom is -0.439 e. The number of hydrogen-bond acceptors (Lipinski definition) is 4. The Morgan fingerprint density at radius 3 is 2.35 bits per heavy atom. The Bertz CT molecular complexity index is 1040. The molecule has 0 saturated carbocycles. The zero-order valence-electron chi connectivity index (χ0n) is 12.0. The second-order valence-corrected chi connectivity index (χ2v) is 6.76. The third-order valence-electron chi connectivity index (χ3n) is 3.21. The van der Waals surface area contributed by atoms with Crippen molar-refractivity contribution in [2.24, 2.45) is 0 Å². The summed E-state index contributed by atoms with van der Waals surface area (Å²) >= 11 is 0. The molecule has 0 aliphatic heterocycles. The highest BCUT2D eigenvalue weighted by Gasteiger charge is 2.18. The Balaban J connectivity index is 2.36. The lowest BCUT2D eigenvalue weighted by Crippen LogP contribution is -2.15. The number of benzene rings is 2. The summed E-state index contributed by atoms with van der Waals surface area (Å²) < 4.78 is 44.0. The van der Waals surface area contributed by atoms with Gasteiger partial charge in [0.1, 0.15) is 11.4 Å². The van der Waals surface area contributed by atoms with Crippen LogP contribution in [0.25, 0.3) is 22.1 Å². The minimum absolute atomic E-state index is 0.0362. The zero-order valence-corrected chi connectivity index (χ0v) is 12.9. The summed E-state index contributed by atoms with van der Waals surface area (Å²) in [6.45, 7) is 0. The van der Waals surface area contributed by atoms with E-state index in [9.17, 15) is 17.6 Å². The first kappa shape index (κ1) is 15.2. The number of fused-ring (bicyclic) bond motifs is 1. The van der Waals surface area contributed by atoms with Crippen molar-refractivity contribution in [2.75, 3.05) is 11.0 Å². The van der Waals surface area contributed by atoms with E-state index in [1.807, 2.05) is 0 Å². The summed E-state index contributed by atoms with van der Waals surface area (Å²) in [5, 5.41) is 0.311. The monoisotopic (exact) mass is 333 g/mol. The molecule has 3 rings (SSSR count). The first-order valence-electron chi connectivity index (χ1n) is 6.65. The summed E-state index contributed by atoms with van der Waals surface area (Å²) in [6, 6.07) is 11.7. The van der Waals surface area contributed by atoms with Crippen molar-refractivity contribution in [3.05, 3.63) is 64.6 Å². The number of rotatable bonds is 3. The van der Waals surface area contributed by atoms with Crippen LogP contribution in [0.1, 0.15) is 0 Å². The predicted molar refractivity (Wildman–Crippen MR) is 86.3 cm³/mol. The van der Waals surface area contributed by atoms with Crippen LogP contribution < -0.4 is 10.2 Å². The van der Waals surface area contributed by atoms with Gasteiger partial charge in [0.15, 0.2) is 0 Å². The zero-order chi connectivity index (χ0) is 16.6. The topological polar surface area (TPSA) is 76.4 Å². The lowest BCUT2D eigenvalue weighted by Gasteiger charge is -2.10. The van der Waals surface area contributed by atoms with Crippen LogP contribution in [-0.2, 0) is 10.0 Å². The average Bonchev–Trinajstić information content (AvgIpc) is 2.47. The smallest absolute Gasteiger partial charge is 0.232 e. The molecule has 0 radical (unpaired) electrons. The molecule has 2 aromatic carbocycles. The Hall–Kier alpha value is -2.67. The Labute approximate surface area is 131 Å². The van der Waals surface area contributed by atoms with Crippen LogP contribution in [0.5, 0.6) is 0 Å². The molecule has 0 saturated heterocycles. The summed E-state index contributed by atoms with van der Waals surface area (Å²) in [4.78, 5) is 12.7. The van der Waals surface area contributed by atoms with Crippen LogP contribution in [0.2, 0.25) is 0 Å². The Morgan fingerprint density at radius 2 is 1.70 bits per heavy atom. The van der Waals surface area contributed by atoms with Gasteiger partial charge in [0.2, 0.25) is 21.3 Å². The van der Waals surface area contributed by atoms with Gasteiger partial charge in [0.05, 0.1) is 17.2 Å². The highest BCUT2D eigenvalue weighted by atomic mass is 32.2. The highest BCUT2D eigenvalue weighted by molar-refractivity contribution is 7.92. The average molecular weight is 333 g/mol. The van der Waals surface area contributed by atoms with Gasteiger partial charge in [0, 0.05) is 0 Å². The van der Waals surface area contributed by atoms with Crippen LogP contribution in [0.3, 0.4) is 0 Å². The first-order valence-corrected chi connectivity index (χ1v) is 8.54. The molecule has 23 heavy (non-hydrogen) atoms. The van der Waals surface area contributed by atoms with Gasteiger partial charge < -0.3 is 4.42 Å². The Kier molecular flexibility index (Phi) is 3.65. The maximum Gasteiger partial charge on any atom is 0.232 e. The SMILES string of the molecule is CS(=O)(=O)Nc1oc2ccccc2c(=O)c1-c1ccc(F)cc1. The van der Waals surface area contributed by atoms with Crippen molar-refractivity contribution in [1.29, 1.82) is 0 Å². The van der Waals surface area contributed by atoms with E-state index in [-0.39, 0.29) is 17.0 Å². The number of nitrogens with one attached hydrogen (secondary N) is 1. The van der Waals surface area contributed by atoms with Gasteiger partial charge >= 0.3 is 0 Å². The number of anilines is 1. The van der Waals surface area contributed by atoms with Crippen LogP contribution in [-0.4, -0.2) is 14.7 Å². The van der Waals surface area contributed by atoms with Crippen molar-refractivity contribution >= 4 is 26.9 Å². The van der Waals surface area contributed by atoms with Crippen molar-refractivity contribution < 1.29 is 17.2 Å². The third-order valence-corrected chi connectivity index (χ3v) is 3.77. The van der Waals surface area contributed by atoms with E-state index in [1.54, 1.807) is 24.3 Å². The molecule has 0 amide bonds. The Morgan fingerprint density at radius 1 is 1.04 bits per heavy atom. The van der Waals surface area contributed by atoms with E-state index in [2.05, 4.69) is 4.72 Å². The second kappa shape index (κ2) is 5.51. The molecule has 3 aromatic rings. The van der Waals surface area contributed by atoms with E-state index >= 15 is 0 Å². The third kappa shape index (κ3) is 3.09. The van der Waals surface area contributed by atoms with E-state index in [0.29, 0.717) is 10.9 Å². The fourth-order valence-corrected chi connectivity index (χ4v) is 2.74. The fraction of sp³-hybridized carbons (Fsp3) is 0.0625. The molecule has 0 fully saturated rings. The molecule has 118 valence electrons. The van der Waals surface area contributed by atoms with E-state index in [0.717, 1.165) is 6.26 Å². The molecule has 5 nitrogen and oxygen atoms in total. The van der Waals surface area contributed by atoms with Gasteiger partial charge in [-0.2, -0.15) is 0 Å². The molecule has 7 heteroatoms. The lowest BCUT2D eigenvalue weighted by molar-refractivity contribution is 0.596. The van der Waals surface area contributed by atoms with Gasteiger partial charge in [-0.05, 0) is 29.8 Å². The van der Waals surface area contributed by atoms with Crippen LogP contribution in [0.4, 0.5) is 10.3 Å². The van der Waals surface area contributed by atoms with Crippen LogP contribution >= 0.6 is 0 Å². The van der Waals surface area contributed by atoms with Gasteiger partial charge in [-0.1, -0.05) is 24.3 Å². The van der Waals surface area contributed by atoms with Gasteiger partial charge in [0.25, 0.3) is 0 Å². The normalized spacial score (nSPS) is 11.6. The number of sulfonamides is 1. The van der Waals surface area contributed by atoms with E-state index in [4.69, 9.17) is 4.42 Å². The predicted octanol–water partition coefficient (Wildman–Crippen LogP) is 2.97. The molecule has 0 aliphatic carbocycles. The molecule has 1 heterocycles. The van der Waals surface area contributed by atoms with Gasteiger partial charge in [-0.15, -0.1) is 0 Å². The molecule has 0 aliphatic rings. The molecule has 1 N–H and O–H groups in total. The maximum atomic E-state index is 13.1. The molecule has 1 aromatic heterocycles. The molecule has 0 atom stereocenters. The van der Waals surface area contributed by atoms with Crippen molar-refractivity contribution in [2.45, 2.75) is 0 Å².